The molecule has 0 saturated carbocycles. The van der Waals surface area contributed by atoms with E-state index in [1.165, 1.54) is 5.56 Å². The number of nitrogens with zero attached hydrogens (tertiary/aromatic N) is 2. The first-order valence-electron chi connectivity index (χ1n) is 6.92. The molecule has 3 aromatic rings. The van der Waals surface area contributed by atoms with Gasteiger partial charge in [-0.05, 0) is 31.5 Å². The van der Waals surface area contributed by atoms with E-state index in [-0.39, 0.29) is 0 Å². The average Bonchev–Trinajstić information content (AvgIpc) is 2.94. The van der Waals surface area contributed by atoms with E-state index >= 15 is 0 Å². The molecule has 20 heavy (non-hydrogen) atoms. The maximum Gasteiger partial charge on any atom is 0.156 e. The Morgan fingerprint density at radius 2 is 2.10 bits per heavy atom. The number of aryl methyl sites for hydroxylation is 2. The third kappa shape index (κ3) is 1.97. The lowest BCUT2D eigenvalue weighted by atomic mass is 10.1. The Hall–Kier alpha value is -2.23. The molecule has 0 unspecified atom stereocenters. The Labute approximate surface area is 118 Å². The highest BCUT2D eigenvalue weighted by Crippen LogP contribution is 2.32. The number of nitrogen functional groups attached to an aromatic ring is 1. The maximum absolute atomic E-state index is 6.10. The van der Waals surface area contributed by atoms with E-state index in [9.17, 15) is 0 Å². The second-order valence-corrected chi connectivity index (χ2v) is 5.24. The number of hydrogen-bond donors (Lipinski definition) is 1. The van der Waals surface area contributed by atoms with Crippen LogP contribution < -0.4 is 5.73 Å². The molecule has 4 nitrogen and oxygen atoms in total. The quantitative estimate of drug-likeness (QED) is 0.789. The van der Waals surface area contributed by atoms with Gasteiger partial charge in [0.2, 0.25) is 0 Å². The van der Waals surface area contributed by atoms with Crippen molar-refractivity contribution in [2.75, 3.05) is 5.73 Å². The van der Waals surface area contributed by atoms with Crippen LogP contribution in [-0.2, 0) is 13.5 Å². The first-order chi connectivity index (χ1) is 9.60. The van der Waals surface area contributed by atoms with Crippen LogP contribution in [0.5, 0.6) is 0 Å². The molecule has 0 aliphatic carbocycles. The molecule has 2 N–H and O–H groups in total. The van der Waals surface area contributed by atoms with Crippen LogP contribution in [0.2, 0.25) is 0 Å². The van der Waals surface area contributed by atoms with Gasteiger partial charge in [-0.15, -0.1) is 0 Å². The van der Waals surface area contributed by atoms with Crippen molar-refractivity contribution in [2.45, 2.75) is 26.7 Å². The number of nitrogens with two attached hydrogens (primary N) is 1. The summed E-state index contributed by atoms with van der Waals surface area (Å²) in [6, 6.07) is 8.21. The van der Waals surface area contributed by atoms with Crippen molar-refractivity contribution in [1.29, 1.82) is 0 Å². The Bertz CT molecular complexity index is 767. The van der Waals surface area contributed by atoms with Gasteiger partial charge in [-0.2, -0.15) is 5.10 Å². The molecule has 0 radical (unpaired) electrons. The lowest BCUT2D eigenvalue weighted by molar-refractivity contribution is 0.624. The standard InChI is InChI=1S/C16H19N3O/c1-4-5-12-15(18-19(3)16(12)17)14-9-11-8-10(2)6-7-13(11)20-14/h6-9H,4-5,17H2,1-3H3. The SMILES string of the molecule is CCCc1c(-c2cc3cc(C)ccc3o2)nn(C)c1N. The molecular weight excluding hydrogens is 250 g/mol. The second kappa shape index (κ2) is 4.71. The smallest absolute Gasteiger partial charge is 0.156 e. The van der Waals surface area contributed by atoms with E-state index in [1.54, 1.807) is 4.68 Å². The number of rotatable bonds is 3. The molecule has 0 fully saturated rings. The zero-order chi connectivity index (χ0) is 14.3. The summed E-state index contributed by atoms with van der Waals surface area (Å²) in [5.41, 5.74) is 10.1. The van der Waals surface area contributed by atoms with E-state index in [4.69, 9.17) is 10.2 Å². The number of benzene rings is 1. The fourth-order valence-corrected chi connectivity index (χ4v) is 2.55. The van der Waals surface area contributed by atoms with Crippen LogP contribution in [-0.4, -0.2) is 9.78 Å². The van der Waals surface area contributed by atoms with Crippen molar-refractivity contribution in [2.24, 2.45) is 7.05 Å². The summed E-state index contributed by atoms with van der Waals surface area (Å²) in [6.07, 6.45) is 1.94. The van der Waals surface area contributed by atoms with Crippen molar-refractivity contribution in [3.63, 3.8) is 0 Å². The number of furan rings is 1. The van der Waals surface area contributed by atoms with Crippen molar-refractivity contribution in [3.8, 4) is 11.5 Å². The first-order valence-corrected chi connectivity index (χ1v) is 6.92. The van der Waals surface area contributed by atoms with E-state index in [1.807, 2.05) is 19.2 Å². The number of anilines is 1. The summed E-state index contributed by atoms with van der Waals surface area (Å²) in [5, 5.41) is 5.62. The van der Waals surface area contributed by atoms with E-state index in [0.29, 0.717) is 0 Å². The average molecular weight is 269 g/mol. The Morgan fingerprint density at radius 3 is 2.85 bits per heavy atom. The number of aromatic nitrogens is 2. The molecule has 2 heterocycles. The minimum Gasteiger partial charge on any atom is -0.454 e. The molecule has 3 rings (SSSR count). The van der Waals surface area contributed by atoms with E-state index < -0.39 is 0 Å². The highest BCUT2D eigenvalue weighted by atomic mass is 16.3. The second-order valence-electron chi connectivity index (χ2n) is 5.24. The molecule has 0 atom stereocenters. The van der Waals surface area contributed by atoms with Gasteiger partial charge in [0.25, 0.3) is 0 Å². The van der Waals surface area contributed by atoms with Crippen LogP contribution in [0.1, 0.15) is 24.5 Å². The summed E-state index contributed by atoms with van der Waals surface area (Å²) in [7, 11) is 1.87. The minimum absolute atomic E-state index is 0.721. The minimum atomic E-state index is 0.721. The fraction of sp³-hybridized carbons (Fsp3) is 0.312. The zero-order valence-electron chi connectivity index (χ0n) is 12.1. The third-order valence-corrected chi connectivity index (χ3v) is 3.60. The molecule has 4 heteroatoms. The van der Waals surface area contributed by atoms with Crippen molar-refractivity contribution < 1.29 is 4.42 Å². The molecule has 0 amide bonds. The van der Waals surface area contributed by atoms with Gasteiger partial charge in [0.05, 0.1) is 0 Å². The van der Waals surface area contributed by atoms with Crippen LogP contribution in [0, 0.1) is 6.92 Å². The van der Waals surface area contributed by atoms with Crippen LogP contribution in [0.3, 0.4) is 0 Å². The van der Waals surface area contributed by atoms with Gasteiger partial charge >= 0.3 is 0 Å². The molecule has 1 aromatic carbocycles. The lowest BCUT2D eigenvalue weighted by Crippen LogP contribution is -1.99. The zero-order valence-corrected chi connectivity index (χ0v) is 12.1. The van der Waals surface area contributed by atoms with E-state index in [2.05, 4.69) is 31.1 Å². The van der Waals surface area contributed by atoms with Crippen molar-refractivity contribution in [3.05, 3.63) is 35.4 Å². The Balaban J connectivity index is 2.17. The lowest BCUT2D eigenvalue weighted by Gasteiger charge is -1.99. The van der Waals surface area contributed by atoms with Gasteiger partial charge in [-0.25, -0.2) is 0 Å². The first kappa shape index (κ1) is 12.8. The summed E-state index contributed by atoms with van der Waals surface area (Å²) in [5.74, 6) is 1.51. The molecule has 0 aliphatic rings. The highest BCUT2D eigenvalue weighted by Gasteiger charge is 2.18. The van der Waals surface area contributed by atoms with Gasteiger partial charge in [-0.3, -0.25) is 4.68 Å². The highest BCUT2D eigenvalue weighted by molar-refractivity contribution is 5.83. The fourth-order valence-electron chi connectivity index (χ4n) is 2.55. The molecule has 0 bridgehead atoms. The van der Waals surface area contributed by atoms with Gasteiger partial charge in [0, 0.05) is 18.0 Å². The predicted octanol–water partition coefficient (Wildman–Crippen LogP) is 3.68. The summed E-state index contributed by atoms with van der Waals surface area (Å²) in [4.78, 5) is 0. The predicted molar refractivity (Wildman–Crippen MR) is 81.6 cm³/mol. The molecule has 104 valence electrons. The van der Waals surface area contributed by atoms with Crippen LogP contribution in [0.4, 0.5) is 5.82 Å². The van der Waals surface area contributed by atoms with Gasteiger partial charge in [-0.1, -0.05) is 25.0 Å². The molecular formula is C16H19N3O. The largest absolute Gasteiger partial charge is 0.454 e. The number of fused-ring (bicyclic) bond motifs is 1. The van der Waals surface area contributed by atoms with Gasteiger partial charge in [0.1, 0.15) is 17.1 Å². The van der Waals surface area contributed by atoms with Crippen molar-refractivity contribution in [1.82, 2.24) is 9.78 Å². The van der Waals surface area contributed by atoms with Gasteiger partial charge < -0.3 is 10.2 Å². The third-order valence-electron chi connectivity index (χ3n) is 3.60. The summed E-state index contributed by atoms with van der Waals surface area (Å²) in [6.45, 7) is 4.21. The molecule has 0 saturated heterocycles. The van der Waals surface area contributed by atoms with E-state index in [0.717, 1.165) is 46.6 Å². The Morgan fingerprint density at radius 1 is 1.30 bits per heavy atom. The number of hydrogen-bond acceptors (Lipinski definition) is 3. The summed E-state index contributed by atoms with van der Waals surface area (Å²) < 4.78 is 7.65. The monoisotopic (exact) mass is 269 g/mol. The molecule has 0 spiro atoms. The summed E-state index contributed by atoms with van der Waals surface area (Å²) >= 11 is 0. The van der Waals surface area contributed by atoms with Crippen LogP contribution >= 0.6 is 0 Å². The molecule has 0 aliphatic heterocycles. The van der Waals surface area contributed by atoms with Crippen LogP contribution in [0.15, 0.2) is 28.7 Å². The van der Waals surface area contributed by atoms with Crippen molar-refractivity contribution >= 4 is 16.8 Å². The topological polar surface area (TPSA) is 57.0 Å². The normalized spacial score (nSPS) is 11.3. The van der Waals surface area contributed by atoms with Gasteiger partial charge in [0.15, 0.2) is 5.76 Å². The Kier molecular flexibility index (Phi) is 3.01. The maximum atomic E-state index is 6.10. The molecule has 2 aromatic heterocycles. The van der Waals surface area contributed by atoms with Crippen LogP contribution in [0.25, 0.3) is 22.4 Å².